The Morgan fingerprint density at radius 1 is 1.75 bits per heavy atom. The number of rotatable bonds is 4. The molecule has 1 rings (SSSR count). The number of esters is 1. The van der Waals surface area contributed by atoms with Gasteiger partial charge in [-0.25, -0.2) is 4.79 Å². The maximum Gasteiger partial charge on any atom is 0.338 e. The van der Waals surface area contributed by atoms with Crippen LogP contribution in [0.1, 0.15) is 19.8 Å². The highest BCUT2D eigenvalue weighted by Gasteiger charge is 2.33. The van der Waals surface area contributed by atoms with Crippen molar-refractivity contribution < 1.29 is 19.4 Å². The number of nitrogens with one attached hydrogen (secondary N) is 2. The van der Waals surface area contributed by atoms with Gasteiger partial charge in [-0.15, -0.1) is 0 Å². The number of piperidine rings is 1. The zero-order chi connectivity index (χ0) is 12.2. The van der Waals surface area contributed by atoms with Gasteiger partial charge in [-0.05, 0) is 19.8 Å². The molecule has 1 aliphatic rings. The molecule has 0 radical (unpaired) electrons. The van der Waals surface area contributed by atoms with Crippen molar-refractivity contribution in [1.29, 1.82) is 0 Å². The highest BCUT2D eigenvalue weighted by molar-refractivity contribution is 5.83. The van der Waals surface area contributed by atoms with E-state index in [1.54, 1.807) is 0 Å². The van der Waals surface area contributed by atoms with E-state index in [0.29, 0.717) is 13.0 Å². The lowest BCUT2D eigenvalue weighted by molar-refractivity contribution is -0.160. The lowest BCUT2D eigenvalue weighted by atomic mass is 10.0. The molecule has 6 nitrogen and oxygen atoms in total. The third-order valence-electron chi connectivity index (χ3n) is 2.60. The van der Waals surface area contributed by atoms with E-state index in [0.717, 1.165) is 6.42 Å². The average Bonchev–Trinajstić information content (AvgIpc) is 2.27. The Hall–Kier alpha value is -1.14. The second-order valence-corrected chi connectivity index (χ2v) is 4.13. The van der Waals surface area contributed by atoms with E-state index in [-0.39, 0.29) is 18.5 Å². The molecular formula is C10H18N2O4. The van der Waals surface area contributed by atoms with Gasteiger partial charge in [0.1, 0.15) is 0 Å². The van der Waals surface area contributed by atoms with E-state index in [9.17, 15) is 14.7 Å². The van der Waals surface area contributed by atoms with Gasteiger partial charge < -0.3 is 20.5 Å². The zero-order valence-corrected chi connectivity index (χ0v) is 9.58. The summed E-state index contributed by atoms with van der Waals surface area (Å²) in [5.41, 5.74) is -1.60. The molecule has 0 aliphatic carbocycles. The van der Waals surface area contributed by atoms with Crippen LogP contribution in [0.15, 0.2) is 0 Å². The second-order valence-electron chi connectivity index (χ2n) is 4.13. The third kappa shape index (κ3) is 3.18. The van der Waals surface area contributed by atoms with Crippen LogP contribution >= 0.6 is 0 Å². The lowest BCUT2D eigenvalue weighted by Crippen LogP contribution is -2.54. The highest BCUT2D eigenvalue weighted by Crippen LogP contribution is 2.07. The summed E-state index contributed by atoms with van der Waals surface area (Å²) in [6.45, 7) is 2.04. The minimum absolute atomic E-state index is 0.00222. The molecule has 0 aromatic rings. The topological polar surface area (TPSA) is 87.7 Å². The van der Waals surface area contributed by atoms with Gasteiger partial charge in [0.15, 0.2) is 5.60 Å². The predicted molar refractivity (Wildman–Crippen MR) is 56.7 cm³/mol. The Kier molecular flexibility index (Phi) is 4.26. The quantitative estimate of drug-likeness (QED) is 0.527. The summed E-state index contributed by atoms with van der Waals surface area (Å²) in [7, 11) is 1.21. The van der Waals surface area contributed by atoms with Crippen molar-refractivity contribution in [3.05, 3.63) is 0 Å². The third-order valence-corrected chi connectivity index (χ3v) is 2.60. The molecule has 1 saturated heterocycles. The summed E-state index contributed by atoms with van der Waals surface area (Å²) in [6.07, 6.45) is 1.60. The van der Waals surface area contributed by atoms with Gasteiger partial charge in [0, 0.05) is 13.1 Å². The van der Waals surface area contributed by atoms with Crippen molar-refractivity contribution in [3.8, 4) is 0 Å². The first-order valence-corrected chi connectivity index (χ1v) is 5.29. The number of hydrogen-bond acceptors (Lipinski definition) is 5. The number of methoxy groups -OCH3 is 1. The summed E-state index contributed by atoms with van der Waals surface area (Å²) in [5, 5.41) is 15.3. The molecule has 0 aromatic carbocycles. The molecule has 2 atom stereocenters. The first-order valence-electron chi connectivity index (χ1n) is 5.29. The van der Waals surface area contributed by atoms with E-state index in [1.165, 1.54) is 14.0 Å². The number of carbonyl (C=O) groups is 2. The van der Waals surface area contributed by atoms with Crippen molar-refractivity contribution in [2.24, 2.45) is 0 Å². The summed E-state index contributed by atoms with van der Waals surface area (Å²) in [5.74, 6) is -0.803. The van der Waals surface area contributed by atoms with Crippen LogP contribution in [0.2, 0.25) is 0 Å². The van der Waals surface area contributed by atoms with Crippen LogP contribution in [0.5, 0.6) is 0 Å². The molecule has 1 aliphatic heterocycles. The average molecular weight is 230 g/mol. The SMILES string of the molecule is COC(=O)C(C)(O)CNC1CCCNC1=O. The Morgan fingerprint density at radius 2 is 2.44 bits per heavy atom. The monoisotopic (exact) mass is 230 g/mol. The number of aliphatic hydroxyl groups is 1. The number of carbonyl (C=O) groups excluding carboxylic acids is 2. The standard InChI is InChI=1S/C10H18N2O4/c1-10(15,9(14)16-2)6-12-7-4-3-5-11-8(7)13/h7,12,15H,3-6H2,1-2H3,(H,11,13). The molecule has 0 saturated carbocycles. The van der Waals surface area contributed by atoms with Gasteiger partial charge in [0.05, 0.1) is 13.2 Å². The lowest BCUT2D eigenvalue weighted by Gasteiger charge is -2.27. The van der Waals surface area contributed by atoms with Gasteiger partial charge in [0.25, 0.3) is 0 Å². The smallest absolute Gasteiger partial charge is 0.338 e. The van der Waals surface area contributed by atoms with Crippen molar-refractivity contribution in [3.63, 3.8) is 0 Å². The molecule has 6 heteroatoms. The fourth-order valence-corrected chi connectivity index (χ4v) is 1.58. The number of hydrogen-bond donors (Lipinski definition) is 3. The van der Waals surface area contributed by atoms with Gasteiger partial charge >= 0.3 is 5.97 Å². The maximum atomic E-state index is 11.4. The summed E-state index contributed by atoms with van der Waals surface area (Å²) < 4.78 is 4.45. The predicted octanol–water partition coefficient (Wildman–Crippen LogP) is -1.22. The Balaban J connectivity index is 2.43. The van der Waals surface area contributed by atoms with E-state index in [2.05, 4.69) is 15.4 Å². The normalized spacial score (nSPS) is 24.4. The summed E-state index contributed by atoms with van der Waals surface area (Å²) in [4.78, 5) is 22.6. The first-order chi connectivity index (χ1) is 7.47. The molecule has 16 heavy (non-hydrogen) atoms. The maximum absolute atomic E-state index is 11.4. The molecule has 1 fully saturated rings. The molecule has 0 aromatic heterocycles. The fourth-order valence-electron chi connectivity index (χ4n) is 1.58. The van der Waals surface area contributed by atoms with Crippen LogP contribution in [-0.2, 0) is 14.3 Å². The first kappa shape index (κ1) is 12.9. The van der Waals surface area contributed by atoms with E-state index >= 15 is 0 Å². The summed E-state index contributed by atoms with van der Waals surface area (Å²) >= 11 is 0. The van der Waals surface area contributed by atoms with Crippen LogP contribution < -0.4 is 10.6 Å². The molecule has 92 valence electrons. The van der Waals surface area contributed by atoms with Gasteiger partial charge in [-0.1, -0.05) is 0 Å². The summed E-state index contributed by atoms with van der Waals surface area (Å²) in [6, 6.07) is -0.343. The van der Waals surface area contributed by atoms with Crippen LogP contribution in [0.25, 0.3) is 0 Å². The molecule has 3 N–H and O–H groups in total. The molecule has 0 bridgehead atoms. The Labute approximate surface area is 94.3 Å². The van der Waals surface area contributed by atoms with Crippen LogP contribution in [0.4, 0.5) is 0 Å². The minimum Gasteiger partial charge on any atom is -0.467 e. The minimum atomic E-state index is -1.60. The molecule has 1 heterocycles. The molecular weight excluding hydrogens is 212 g/mol. The van der Waals surface area contributed by atoms with Gasteiger partial charge in [-0.2, -0.15) is 0 Å². The Morgan fingerprint density at radius 3 is 3.00 bits per heavy atom. The second kappa shape index (κ2) is 5.27. The van der Waals surface area contributed by atoms with Crippen molar-refractivity contribution in [2.75, 3.05) is 20.2 Å². The molecule has 0 spiro atoms. The fraction of sp³-hybridized carbons (Fsp3) is 0.800. The number of ether oxygens (including phenoxy) is 1. The molecule has 1 amide bonds. The van der Waals surface area contributed by atoms with Gasteiger partial charge in [0.2, 0.25) is 5.91 Å². The largest absolute Gasteiger partial charge is 0.467 e. The number of amides is 1. The zero-order valence-electron chi connectivity index (χ0n) is 9.58. The van der Waals surface area contributed by atoms with Crippen molar-refractivity contribution in [1.82, 2.24) is 10.6 Å². The van der Waals surface area contributed by atoms with Crippen molar-refractivity contribution >= 4 is 11.9 Å². The van der Waals surface area contributed by atoms with Crippen LogP contribution in [0.3, 0.4) is 0 Å². The van der Waals surface area contributed by atoms with E-state index in [1.807, 2.05) is 0 Å². The van der Waals surface area contributed by atoms with E-state index < -0.39 is 11.6 Å². The van der Waals surface area contributed by atoms with Gasteiger partial charge in [-0.3, -0.25) is 4.79 Å². The van der Waals surface area contributed by atoms with E-state index in [4.69, 9.17) is 0 Å². The van der Waals surface area contributed by atoms with Crippen LogP contribution in [0, 0.1) is 0 Å². The Bertz CT molecular complexity index is 278. The van der Waals surface area contributed by atoms with Crippen LogP contribution in [-0.4, -0.2) is 48.8 Å². The highest BCUT2D eigenvalue weighted by atomic mass is 16.5. The molecule has 2 unspecified atom stereocenters. The van der Waals surface area contributed by atoms with Crippen molar-refractivity contribution in [2.45, 2.75) is 31.4 Å².